The van der Waals surface area contributed by atoms with Crippen molar-refractivity contribution in [2.45, 2.75) is 20.0 Å². The molecule has 6 nitrogen and oxygen atoms in total. The van der Waals surface area contributed by atoms with E-state index in [2.05, 4.69) is 6.07 Å². The number of aliphatic hydroxyl groups excluding tert-OH is 1. The van der Waals surface area contributed by atoms with Gasteiger partial charge in [0.2, 0.25) is 0 Å². The number of aliphatic hydroxyl groups is 1. The summed E-state index contributed by atoms with van der Waals surface area (Å²) in [5, 5.41) is 10.3. The molecule has 3 rings (SSSR count). The monoisotopic (exact) mass is 359 g/mol. The maximum atomic E-state index is 12.3. The van der Waals surface area contributed by atoms with Gasteiger partial charge in [0.1, 0.15) is 25.0 Å². The highest BCUT2D eigenvalue weighted by Crippen LogP contribution is 2.16. The first-order chi connectivity index (χ1) is 12.5. The third-order valence-corrected chi connectivity index (χ3v) is 4.65. The molecule has 1 aliphatic heterocycles. The van der Waals surface area contributed by atoms with Crippen LogP contribution in [0.5, 0.6) is 5.75 Å². The summed E-state index contributed by atoms with van der Waals surface area (Å²) in [5.74, 6) is 1.12. The zero-order chi connectivity index (χ0) is 18.5. The molecule has 140 valence electrons. The van der Waals surface area contributed by atoms with Crippen molar-refractivity contribution in [1.29, 1.82) is 0 Å². The number of carbonyl (C=O) groups excluding carboxylic acids is 1. The highest BCUT2D eigenvalue weighted by Gasteiger charge is 2.27. The minimum absolute atomic E-state index is 0.0623. The molecule has 2 N–H and O–H groups in total. The largest absolute Gasteiger partial charge is 0.491 e. The maximum absolute atomic E-state index is 12.3. The van der Waals surface area contributed by atoms with Crippen LogP contribution < -0.4 is 9.64 Å². The van der Waals surface area contributed by atoms with Crippen molar-refractivity contribution in [3.05, 3.63) is 53.5 Å². The van der Waals surface area contributed by atoms with Crippen LogP contribution in [0.1, 0.15) is 21.7 Å². The third-order valence-electron chi connectivity index (χ3n) is 4.65. The van der Waals surface area contributed by atoms with Gasteiger partial charge in [0.15, 0.2) is 5.76 Å². The summed E-state index contributed by atoms with van der Waals surface area (Å²) < 4.78 is 10.9. The Morgan fingerprint density at radius 3 is 2.58 bits per heavy atom. The summed E-state index contributed by atoms with van der Waals surface area (Å²) in [7, 11) is 0. The van der Waals surface area contributed by atoms with Gasteiger partial charge in [-0.05, 0) is 49.2 Å². The molecule has 1 atom stereocenters. The predicted octanol–water partition coefficient (Wildman–Crippen LogP) is 0.677. The van der Waals surface area contributed by atoms with E-state index in [0.717, 1.165) is 30.0 Å². The summed E-state index contributed by atoms with van der Waals surface area (Å²) in [6.45, 7) is 7.92. The van der Waals surface area contributed by atoms with E-state index >= 15 is 0 Å². The number of rotatable bonds is 6. The number of ether oxygens (including phenoxy) is 1. The van der Waals surface area contributed by atoms with E-state index in [9.17, 15) is 9.90 Å². The summed E-state index contributed by atoms with van der Waals surface area (Å²) >= 11 is 0. The topological polar surface area (TPSA) is 67.3 Å². The first-order valence-electron chi connectivity index (χ1n) is 9.07. The van der Waals surface area contributed by atoms with E-state index in [1.807, 2.05) is 26.0 Å². The fourth-order valence-corrected chi connectivity index (χ4v) is 3.39. The SMILES string of the molecule is Cc1cc(C)cc(OC[C@@H](O)C[NH+]2CCN(C(=O)c3ccco3)CC2)c1. The summed E-state index contributed by atoms with van der Waals surface area (Å²) in [6.07, 6.45) is 0.985. The number of quaternary nitrogens is 1. The van der Waals surface area contributed by atoms with Crippen LogP contribution in [0.15, 0.2) is 41.0 Å². The van der Waals surface area contributed by atoms with Gasteiger partial charge in [0, 0.05) is 0 Å². The van der Waals surface area contributed by atoms with Crippen molar-refractivity contribution < 1.29 is 24.0 Å². The number of aryl methyl sites for hydroxylation is 2. The number of furan rings is 1. The van der Waals surface area contributed by atoms with Gasteiger partial charge in [-0.25, -0.2) is 0 Å². The second-order valence-electron chi connectivity index (χ2n) is 7.01. The number of nitrogens with one attached hydrogen (secondary N) is 1. The normalized spacial score (nSPS) is 16.5. The van der Waals surface area contributed by atoms with E-state index < -0.39 is 6.10 Å². The zero-order valence-electron chi connectivity index (χ0n) is 15.4. The van der Waals surface area contributed by atoms with E-state index in [4.69, 9.17) is 9.15 Å². The third kappa shape index (κ3) is 4.86. The fourth-order valence-electron chi connectivity index (χ4n) is 3.39. The molecule has 1 aromatic carbocycles. The number of carbonyl (C=O) groups is 1. The molecular formula is C20H27N2O4+. The van der Waals surface area contributed by atoms with Crippen molar-refractivity contribution in [2.75, 3.05) is 39.3 Å². The first kappa shape index (κ1) is 18.5. The Morgan fingerprint density at radius 1 is 1.27 bits per heavy atom. The van der Waals surface area contributed by atoms with Crippen LogP contribution in [0.2, 0.25) is 0 Å². The van der Waals surface area contributed by atoms with Gasteiger partial charge >= 0.3 is 0 Å². The lowest BCUT2D eigenvalue weighted by molar-refractivity contribution is -0.907. The lowest BCUT2D eigenvalue weighted by atomic mass is 10.1. The Morgan fingerprint density at radius 2 is 1.96 bits per heavy atom. The van der Waals surface area contributed by atoms with E-state index in [1.165, 1.54) is 11.2 Å². The standard InChI is InChI=1S/C20H26N2O4/c1-15-10-16(2)12-18(11-15)26-14-17(23)13-21-5-7-22(8-6-21)20(24)19-4-3-9-25-19/h3-4,9-12,17,23H,5-8,13-14H2,1-2H3/p+1/t17-/m0/s1. The van der Waals surface area contributed by atoms with Gasteiger partial charge in [0.05, 0.1) is 32.4 Å². The molecule has 1 saturated heterocycles. The number of amides is 1. The second kappa shape index (κ2) is 8.38. The molecule has 1 aliphatic rings. The molecule has 1 aromatic heterocycles. The average molecular weight is 359 g/mol. The van der Waals surface area contributed by atoms with Crippen LogP contribution in [0.25, 0.3) is 0 Å². The molecule has 0 aliphatic carbocycles. The minimum Gasteiger partial charge on any atom is -0.491 e. The smallest absolute Gasteiger partial charge is 0.289 e. The van der Waals surface area contributed by atoms with Gasteiger partial charge in [-0.1, -0.05) is 6.07 Å². The second-order valence-corrected chi connectivity index (χ2v) is 7.01. The van der Waals surface area contributed by atoms with Gasteiger partial charge in [-0.3, -0.25) is 4.79 Å². The molecule has 6 heteroatoms. The number of piperazine rings is 1. The van der Waals surface area contributed by atoms with Gasteiger partial charge in [-0.2, -0.15) is 0 Å². The van der Waals surface area contributed by atoms with E-state index in [1.54, 1.807) is 17.0 Å². The minimum atomic E-state index is -0.529. The van der Waals surface area contributed by atoms with Crippen molar-refractivity contribution in [3.8, 4) is 5.75 Å². The van der Waals surface area contributed by atoms with Gasteiger partial charge in [-0.15, -0.1) is 0 Å². The molecule has 0 radical (unpaired) electrons. The Kier molecular flexibility index (Phi) is 5.96. The highest BCUT2D eigenvalue weighted by atomic mass is 16.5. The zero-order valence-corrected chi connectivity index (χ0v) is 15.4. The van der Waals surface area contributed by atoms with Gasteiger partial charge in [0.25, 0.3) is 5.91 Å². The molecule has 1 fully saturated rings. The summed E-state index contributed by atoms with van der Waals surface area (Å²) in [4.78, 5) is 15.3. The molecule has 0 bridgehead atoms. The lowest BCUT2D eigenvalue weighted by Crippen LogP contribution is -3.16. The molecule has 2 heterocycles. The lowest BCUT2D eigenvalue weighted by Gasteiger charge is -2.32. The molecule has 1 amide bonds. The van der Waals surface area contributed by atoms with Crippen molar-refractivity contribution in [3.63, 3.8) is 0 Å². The molecule has 2 aromatic rings. The molecule has 26 heavy (non-hydrogen) atoms. The van der Waals surface area contributed by atoms with Crippen molar-refractivity contribution >= 4 is 5.91 Å². The van der Waals surface area contributed by atoms with Crippen LogP contribution in [0.4, 0.5) is 0 Å². The molecule has 0 spiro atoms. The number of hydrogen-bond donors (Lipinski definition) is 2. The molecular weight excluding hydrogens is 332 g/mol. The Balaban J connectivity index is 1.42. The van der Waals surface area contributed by atoms with E-state index in [0.29, 0.717) is 25.4 Å². The van der Waals surface area contributed by atoms with Crippen LogP contribution in [0, 0.1) is 13.8 Å². The Hall–Kier alpha value is -2.31. The van der Waals surface area contributed by atoms with Crippen molar-refractivity contribution in [1.82, 2.24) is 4.90 Å². The van der Waals surface area contributed by atoms with Crippen LogP contribution in [-0.2, 0) is 0 Å². The number of benzene rings is 1. The maximum Gasteiger partial charge on any atom is 0.289 e. The Labute approximate surface area is 154 Å². The Bertz CT molecular complexity index is 701. The molecule has 0 saturated carbocycles. The quantitative estimate of drug-likeness (QED) is 0.796. The van der Waals surface area contributed by atoms with E-state index in [-0.39, 0.29) is 12.5 Å². The fraction of sp³-hybridized carbons (Fsp3) is 0.450. The summed E-state index contributed by atoms with van der Waals surface area (Å²) in [6, 6.07) is 9.46. The van der Waals surface area contributed by atoms with Gasteiger partial charge < -0.3 is 24.1 Å². The van der Waals surface area contributed by atoms with Crippen LogP contribution >= 0.6 is 0 Å². The average Bonchev–Trinajstić information content (AvgIpc) is 3.14. The molecule has 0 unspecified atom stereocenters. The highest BCUT2D eigenvalue weighted by molar-refractivity contribution is 5.91. The summed E-state index contributed by atoms with van der Waals surface area (Å²) in [5.41, 5.74) is 2.30. The predicted molar refractivity (Wildman–Crippen MR) is 97.6 cm³/mol. The first-order valence-corrected chi connectivity index (χ1v) is 9.07. The van der Waals surface area contributed by atoms with Crippen LogP contribution in [0.3, 0.4) is 0 Å². The number of hydrogen-bond acceptors (Lipinski definition) is 4. The number of nitrogens with zero attached hydrogens (tertiary/aromatic N) is 1. The van der Waals surface area contributed by atoms with Crippen molar-refractivity contribution in [2.24, 2.45) is 0 Å². The van der Waals surface area contributed by atoms with Crippen LogP contribution in [-0.4, -0.2) is 61.3 Å².